The normalized spacial score (nSPS) is 13.3. The Labute approximate surface area is 210 Å². The number of aryl methyl sites for hydroxylation is 1. The molecule has 1 aliphatic heterocycles. The highest BCUT2D eigenvalue weighted by molar-refractivity contribution is 6.08. The van der Waals surface area contributed by atoms with Crippen LogP contribution >= 0.6 is 0 Å². The minimum Gasteiger partial charge on any atom is -0.339 e. The number of likely N-dealkylation sites (tertiary alicyclic amines) is 1. The van der Waals surface area contributed by atoms with Crippen LogP contribution < -0.4 is 5.32 Å². The molecule has 0 saturated carbocycles. The number of hydrogen-bond donors (Lipinski definition) is 1. The number of para-hydroxylation sites is 1. The van der Waals surface area contributed by atoms with Gasteiger partial charge in [-0.2, -0.15) is 5.10 Å². The Morgan fingerprint density at radius 2 is 1.78 bits per heavy atom. The first-order chi connectivity index (χ1) is 17.6. The minimum atomic E-state index is -0.319. The van der Waals surface area contributed by atoms with E-state index in [-0.39, 0.29) is 11.8 Å². The van der Waals surface area contributed by atoms with Crippen LogP contribution in [0.2, 0.25) is 0 Å². The van der Waals surface area contributed by atoms with Crippen molar-refractivity contribution in [1.29, 1.82) is 0 Å². The van der Waals surface area contributed by atoms with Crippen LogP contribution in [0.4, 0.5) is 5.69 Å². The zero-order chi connectivity index (χ0) is 24.9. The van der Waals surface area contributed by atoms with Gasteiger partial charge in [0.05, 0.1) is 16.9 Å². The number of benzene rings is 2. The number of rotatable bonds is 6. The summed E-state index contributed by atoms with van der Waals surface area (Å²) in [6, 6.07) is 19.1. The lowest BCUT2D eigenvalue weighted by atomic mass is 10.0. The average molecular weight is 478 g/mol. The summed E-state index contributed by atoms with van der Waals surface area (Å²) in [6.07, 6.45) is 10.6. The van der Waals surface area contributed by atoms with Gasteiger partial charge in [-0.25, -0.2) is 4.68 Å². The summed E-state index contributed by atoms with van der Waals surface area (Å²) in [4.78, 5) is 32.2. The largest absolute Gasteiger partial charge is 0.339 e. The fraction of sp³-hybridized carbons (Fsp3) is 0.172. The fourth-order valence-electron chi connectivity index (χ4n) is 4.42. The molecule has 1 fully saturated rings. The number of aromatic nitrogens is 3. The number of anilines is 1. The number of nitrogens with zero attached hydrogens (tertiary/aromatic N) is 4. The first-order valence-corrected chi connectivity index (χ1v) is 12.0. The lowest BCUT2D eigenvalue weighted by Gasteiger charge is -2.19. The first-order valence-electron chi connectivity index (χ1n) is 12.0. The molecule has 1 aliphatic rings. The molecule has 2 aromatic carbocycles. The van der Waals surface area contributed by atoms with Crippen LogP contribution in [0.5, 0.6) is 0 Å². The van der Waals surface area contributed by atoms with Gasteiger partial charge in [-0.3, -0.25) is 14.6 Å². The van der Waals surface area contributed by atoms with Crippen molar-refractivity contribution in [2.75, 3.05) is 18.4 Å². The van der Waals surface area contributed by atoms with Gasteiger partial charge in [0.2, 0.25) is 5.91 Å². The van der Waals surface area contributed by atoms with Crippen LogP contribution in [0.25, 0.3) is 23.0 Å². The van der Waals surface area contributed by atoms with Gasteiger partial charge in [0.1, 0.15) is 5.69 Å². The number of carbonyl (C=O) groups excluding carboxylic acids is 2. The molecule has 0 atom stereocenters. The number of nitrogens with one attached hydrogen (secondary N) is 1. The van der Waals surface area contributed by atoms with Crippen molar-refractivity contribution in [2.24, 2.45) is 0 Å². The van der Waals surface area contributed by atoms with Crippen molar-refractivity contribution < 1.29 is 9.59 Å². The smallest absolute Gasteiger partial charge is 0.256 e. The van der Waals surface area contributed by atoms with Crippen LogP contribution in [0.15, 0.2) is 85.3 Å². The van der Waals surface area contributed by atoms with Gasteiger partial charge >= 0.3 is 0 Å². The zero-order valence-electron chi connectivity index (χ0n) is 20.1. The maximum Gasteiger partial charge on any atom is 0.256 e. The van der Waals surface area contributed by atoms with Crippen LogP contribution in [-0.2, 0) is 4.79 Å². The van der Waals surface area contributed by atoms with Crippen molar-refractivity contribution in [1.82, 2.24) is 19.7 Å². The van der Waals surface area contributed by atoms with E-state index in [0.717, 1.165) is 54.0 Å². The molecule has 0 radical (unpaired) electrons. The third-order valence-electron chi connectivity index (χ3n) is 6.25. The molecule has 4 aromatic rings. The van der Waals surface area contributed by atoms with E-state index in [1.807, 2.05) is 72.6 Å². The SMILES string of the molecule is Cc1cccc(NC(=O)/C=C/c2cn(-c3ccccc3)nc2-c2cccnc2)c1C(=O)N1CCCC1. The van der Waals surface area contributed by atoms with Gasteiger partial charge in [-0.05, 0) is 61.7 Å². The molecule has 36 heavy (non-hydrogen) atoms. The fourth-order valence-corrected chi connectivity index (χ4v) is 4.42. The Morgan fingerprint density at radius 3 is 2.53 bits per heavy atom. The summed E-state index contributed by atoms with van der Waals surface area (Å²) in [5.74, 6) is -0.353. The number of carbonyl (C=O) groups is 2. The maximum atomic E-state index is 13.1. The summed E-state index contributed by atoms with van der Waals surface area (Å²) in [5.41, 5.74) is 5.18. The predicted molar refractivity (Wildman–Crippen MR) is 141 cm³/mol. The van der Waals surface area contributed by atoms with Gasteiger partial charge in [0.15, 0.2) is 0 Å². The van der Waals surface area contributed by atoms with Crippen molar-refractivity contribution in [3.8, 4) is 16.9 Å². The lowest BCUT2D eigenvalue weighted by molar-refractivity contribution is -0.111. The first kappa shape index (κ1) is 23.2. The van der Waals surface area contributed by atoms with E-state index in [2.05, 4.69) is 10.3 Å². The molecule has 1 saturated heterocycles. The third-order valence-corrected chi connectivity index (χ3v) is 6.25. The van der Waals surface area contributed by atoms with Crippen LogP contribution in [0.1, 0.15) is 34.3 Å². The van der Waals surface area contributed by atoms with Crippen LogP contribution in [-0.4, -0.2) is 44.6 Å². The van der Waals surface area contributed by atoms with Crippen molar-refractivity contribution in [3.63, 3.8) is 0 Å². The van der Waals surface area contributed by atoms with Gasteiger partial charge in [-0.1, -0.05) is 30.3 Å². The quantitative estimate of drug-likeness (QED) is 0.391. The second-order valence-electron chi connectivity index (χ2n) is 8.77. The summed E-state index contributed by atoms with van der Waals surface area (Å²) in [5, 5.41) is 7.66. The number of pyridine rings is 1. The van der Waals surface area contributed by atoms with Gasteiger partial charge in [-0.15, -0.1) is 0 Å². The Bertz CT molecular complexity index is 1400. The maximum absolute atomic E-state index is 13.1. The predicted octanol–water partition coefficient (Wildman–Crippen LogP) is 5.13. The molecule has 0 unspecified atom stereocenters. The molecule has 7 heteroatoms. The van der Waals surface area contributed by atoms with Crippen molar-refractivity contribution in [3.05, 3.63) is 102 Å². The second kappa shape index (κ2) is 10.4. The van der Waals surface area contributed by atoms with E-state index in [1.165, 1.54) is 6.08 Å². The average Bonchev–Trinajstić information content (AvgIpc) is 3.59. The van der Waals surface area contributed by atoms with Gasteiger partial charge in [0, 0.05) is 48.9 Å². The second-order valence-corrected chi connectivity index (χ2v) is 8.77. The molecular weight excluding hydrogens is 450 g/mol. The van der Waals surface area contributed by atoms with Crippen molar-refractivity contribution in [2.45, 2.75) is 19.8 Å². The molecule has 0 aliphatic carbocycles. The molecule has 5 rings (SSSR count). The summed E-state index contributed by atoms with van der Waals surface area (Å²) < 4.78 is 1.79. The van der Waals surface area contributed by atoms with E-state index < -0.39 is 0 Å². The minimum absolute atomic E-state index is 0.0344. The van der Waals surface area contributed by atoms with E-state index in [1.54, 1.807) is 29.2 Å². The van der Waals surface area contributed by atoms with E-state index in [4.69, 9.17) is 5.10 Å². The van der Waals surface area contributed by atoms with Gasteiger partial charge < -0.3 is 10.2 Å². The standard InChI is InChI=1S/C29H27N5O2/c1-21-9-7-13-25(27(21)29(36)33-17-5-6-18-33)31-26(35)15-14-23-20-34(24-11-3-2-4-12-24)32-28(23)22-10-8-16-30-19-22/h2-4,7-16,19-20H,5-6,17-18H2,1H3,(H,31,35)/b15-14+. The molecular formula is C29H27N5O2. The van der Waals surface area contributed by atoms with E-state index >= 15 is 0 Å². The molecule has 7 nitrogen and oxygen atoms in total. The molecule has 1 N–H and O–H groups in total. The number of hydrogen-bond acceptors (Lipinski definition) is 4. The Hall–Kier alpha value is -4.52. The zero-order valence-corrected chi connectivity index (χ0v) is 20.1. The highest BCUT2D eigenvalue weighted by Gasteiger charge is 2.24. The van der Waals surface area contributed by atoms with Crippen molar-refractivity contribution >= 4 is 23.6 Å². The summed E-state index contributed by atoms with van der Waals surface area (Å²) in [7, 11) is 0. The summed E-state index contributed by atoms with van der Waals surface area (Å²) in [6.45, 7) is 3.40. The molecule has 2 aromatic heterocycles. The third kappa shape index (κ3) is 4.95. The molecule has 3 heterocycles. The Morgan fingerprint density at radius 1 is 0.972 bits per heavy atom. The lowest BCUT2D eigenvalue weighted by Crippen LogP contribution is -2.29. The highest BCUT2D eigenvalue weighted by atomic mass is 16.2. The Balaban J connectivity index is 1.42. The summed E-state index contributed by atoms with van der Waals surface area (Å²) >= 11 is 0. The van der Waals surface area contributed by atoms with E-state index in [0.29, 0.717) is 11.3 Å². The number of amides is 2. The Kier molecular flexibility index (Phi) is 6.71. The van der Waals surface area contributed by atoms with E-state index in [9.17, 15) is 9.59 Å². The monoisotopic (exact) mass is 477 g/mol. The molecule has 0 bridgehead atoms. The topological polar surface area (TPSA) is 80.1 Å². The molecule has 180 valence electrons. The van der Waals surface area contributed by atoms with Gasteiger partial charge in [0.25, 0.3) is 5.91 Å². The molecule has 2 amide bonds. The highest BCUT2D eigenvalue weighted by Crippen LogP contribution is 2.26. The van der Waals surface area contributed by atoms with Crippen LogP contribution in [0, 0.1) is 6.92 Å². The molecule has 0 spiro atoms. The van der Waals surface area contributed by atoms with Crippen LogP contribution in [0.3, 0.4) is 0 Å².